The monoisotopic (exact) mass is 484 g/mol. The molecule has 0 spiro atoms. The largest absolute Gasteiger partial charge is 0.492 e. The number of aromatic nitrogens is 1. The molecule has 3 heterocycles. The second kappa shape index (κ2) is 11.3. The average Bonchev–Trinajstić information content (AvgIpc) is 3.38. The topological polar surface area (TPSA) is 89.0 Å². The van der Waals surface area contributed by atoms with Crippen LogP contribution in [0, 0.1) is 17.7 Å². The van der Waals surface area contributed by atoms with Gasteiger partial charge < -0.3 is 19.5 Å². The quantitative estimate of drug-likeness (QED) is 0.633. The Morgan fingerprint density at radius 2 is 1.88 bits per heavy atom. The maximum absolute atomic E-state index is 13.0. The van der Waals surface area contributed by atoms with Crippen molar-refractivity contribution in [3.05, 3.63) is 60.2 Å². The first-order chi connectivity index (χ1) is 16.1. The molecule has 11 heteroatoms. The fraction of sp³-hybridized carbons (Fsp3) is 0.435. The number of likely N-dealkylation sites (tertiary alicyclic amines) is 1. The molecule has 7 nitrogen and oxygen atoms in total. The van der Waals surface area contributed by atoms with E-state index in [1.54, 1.807) is 24.5 Å². The zero-order valence-electron chi connectivity index (χ0n) is 18.1. The van der Waals surface area contributed by atoms with Gasteiger partial charge in [0.2, 0.25) is 5.91 Å². The number of pyridine rings is 1. The standard InChI is InChI=1S/C21H23FN2O3.C2HF3O2/c22-17-5-3-15(4-6-17)10-21(25)24-12-19-16(14-27-20(19)13-24)7-9-26-18-2-1-8-23-11-18;3-2(4,5)1(6)7/h1-6,8,11,16,19-20H,7,9-10,12-14H2;(H,6,7)/t16-,19-,20-;/m0./s1. The molecule has 0 radical (unpaired) electrons. The zero-order chi connectivity index (χ0) is 24.7. The number of fused-ring (bicyclic) bond motifs is 1. The van der Waals surface area contributed by atoms with E-state index in [0.29, 0.717) is 31.4 Å². The summed E-state index contributed by atoms with van der Waals surface area (Å²) in [7, 11) is 0. The number of benzene rings is 1. The van der Waals surface area contributed by atoms with Crippen LogP contribution in [0.3, 0.4) is 0 Å². The van der Waals surface area contributed by atoms with E-state index in [1.807, 2.05) is 17.0 Å². The molecule has 2 fully saturated rings. The minimum atomic E-state index is -5.08. The smallest absolute Gasteiger partial charge is 0.490 e. The summed E-state index contributed by atoms with van der Waals surface area (Å²) in [5.41, 5.74) is 0.834. The van der Waals surface area contributed by atoms with Gasteiger partial charge in [0.15, 0.2) is 0 Å². The number of ether oxygens (including phenoxy) is 2. The number of carboxylic acids is 1. The van der Waals surface area contributed by atoms with Crippen molar-refractivity contribution in [2.24, 2.45) is 11.8 Å². The molecule has 1 N–H and O–H groups in total. The molecule has 4 rings (SSSR count). The summed E-state index contributed by atoms with van der Waals surface area (Å²) in [4.78, 5) is 27.4. The molecule has 2 saturated heterocycles. The Bertz CT molecular complexity index is 956. The number of carboxylic acid groups (broad SMARTS) is 1. The van der Waals surface area contributed by atoms with Gasteiger partial charge in [0.1, 0.15) is 11.6 Å². The van der Waals surface area contributed by atoms with Crippen LogP contribution >= 0.6 is 0 Å². The van der Waals surface area contributed by atoms with Crippen molar-refractivity contribution in [2.45, 2.75) is 25.1 Å². The molecule has 0 bridgehead atoms. The van der Waals surface area contributed by atoms with E-state index in [0.717, 1.165) is 30.9 Å². The van der Waals surface area contributed by atoms with E-state index in [-0.39, 0.29) is 17.8 Å². The molecule has 1 amide bonds. The summed E-state index contributed by atoms with van der Waals surface area (Å²) < 4.78 is 56.4. The fourth-order valence-electron chi connectivity index (χ4n) is 3.95. The number of hydrogen-bond donors (Lipinski definition) is 1. The van der Waals surface area contributed by atoms with Gasteiger partial charge in [0.05, 0.1) is 31.9 Å². The van der Waals surface area contributed by atoms with Crippen molar-refractivity contribution in [1.82, 2.24) is 9.88 Å². The van der Waals surface area contributed by atoms with Crippen LogP contribution in [0.15, 0.2) is 48.8 Å². The molecule has 2 aliphatic rings. The summed E-state index contributed by atoms with van der Waals surface area (Å²) >= 11 is 0. The van der Waals surface area contributed by atoms with E-state index < -0.39 is 12.1 Å². The van der Waals surface area contributed by atoms with Crippen LogP contribution in [-0.4, -0.2) is 65.5 Å². The first kappa shape index (κ1) is 25.4. The SMILES string of the molecule is O=C(Cc1ccc(F)cc1)N1C[C@H]2[C@@H](CCOc3cccnc3)CO[C@H]2C1.O=C(O)C(F)(F)F. The summed E-state index contributed by atoms with van der Waals surface area (Å²) in [6.07, 6.45) is -0.340. The number of alkyl halides is 3. The third kappa shape index (κ3) is 7.14. The minimum Gasteiger partial charge on any atom is -0.492 e. The van der Waals surface area contributed by atoms with Gasteiger partial charge in [-0.15, -0.1) is 0 Å². The molecule has 0 unspecified atom stereocenters. The highest BCUT2D eigenvalue weighted by Crippen LogP contribution is 2.35. The van der Waals surface area contributed by atoms with Crippen LogP contribution in [0.4, 0.5) is 17.6 Å². The van der Waals surface area contributed by atoms with Gasteiger partial charge in [-0.1, -0.05) is 12.1 Å². The van der Waals surface area contributed by atoms with E-state index in [4.69, 9.17) is 19.4 Å². The molecule has 184 valence electrons. The van der Waals surface area contributed by atoms with E-state index in [1.165, 1.54) is 12.1 Å². The summed E-state index contributed by atoms with van der Waals surface area (Å²) in [5.74, 6) is -1.44. The van der Waals surface area contributed by atoms with Crippen LogP contribution < -0.4 is 4.74 Å². The molecule has 2 aromatic rings. The van der Waals surface area contributed by atoms with Gasteiger partial charge >= 0.3 is 12.1 Å². The Balaban J connectivity index is 0.000000406. The summed E-state index contributed by atoms with van der Waals surface area (Å²) in [6.45, 7) is 2.71. The minimum absolute atomic E-state index is 0.0740. The lowest BCUT2D eigenvalue weighted by Crippen LogP contribution is -2.32. The van der Waals surface area contributed by atoms with Crippen LogP contribution in [0.2, 0.25) is 0 Å². The number of halogens is 4. The molecule has 1 aromatic heterocycles. The lowest BCUT2D eigenvalue weighted by Gasteiger charge is -2.20. The predicted octanol–water partition coefficient (Wildman–Crippen LogP) is 3.34. The summed E-state index contributed by atoms with van der Waals surface area (Å²) in [6, 6.07) is 9.86. The molecular weight excluding hydrogens is 460 g/mol. The van der Waals surface area contributed by atoms with Crippen molar-refractivity contribution in [3.8, 4) is 5.75 Å². The lowest BCUT2D eigenvalue weighted by atomic mass is 9.91. The lowest BCUT2D eigenvalue weighted by molar-refractivity contribution is -0.192. The maximum Gasteiger partial charge on any atom is 0.490 e. The van der Waals surface area contributed by atoms with E-state index in [2.05, 4.69) is 4.98 Å². The number of nitrogens with zero attached hydrogens (tertiary/aromatic N) is 2. The first-order valence-corrected chi connectivity index (χ1v) is 10.6. The third-order valence-electron chi connectivity index (χ3n) is 5.69. The highest BCUT2D eigenvalue weighted by atomic mass is 19.4. The van der Waals surface area contributed by atoms with Gasteiger partial charge in [-0.05, 0) is 42.2 Å². The van der Waals surface area contributed by atoms with Crippen molar-refractivity contribution >= 4 is 11.9 Å². The van der Waals surface area contributed by atoms with Crippen molar-refractivity contribution in [1.29, 1.82) is 0 Å². The van der Waals surface area contributed by atoms with Gasteiger partial charge in [0.25, 0.3) is 0 Å². The molecule has 0 saturated carbocycles. The van der Waals surface area contributed by atoms with Crippen LogP contribution in [0.1, 0.15) is 12.0 Å². The van der Waals surface area contributed by atoms with Crippen molar-refractivity contribution in [3.63, 3.8) is 0 Å². The Hall–Kier alpha value is -3.21. The van der Waals surface area contributed by atoms with Crippen LogP contribution in [-0.2, 0) is 20.7 Å². The number of hydrogen-bond acceptors (Lipinski definition) is 5. The van der Waals surface area contributed by atoms with Gasteiger partial charge in [-0.25, -0.2) is 9.18 Å². The van der Waals surface area contributed by atoms with E-state index in [9.17, 15) is 22.4 Å². The Morgan fingerprint density at radius 3 is 2.50 bits per heavy atom. The fourth-order valence-corrected chi connectivity index (χ4v) is 3.95. The van der Waals surface area contributed by atoms with E-state index >= 15 is 0 Å². The third-order valence-corrected chi connectivity index (χ3v) is 5.69. The highest BCUT2D eigenvalue weighted by molar-refractivity contribution is 5.79. The molecular formula is C23H24F4N2O5. The normalized spacial score (nSPS) is 21.4. The van der Waals surface area contributed by atoms with Crippen LogP contribution in [0.25, 0.3) is 0 Å². The second-order valence-corrected chi connectivity index (χ2v) is 8.03. The van der Waals surface area contributed by atoms with Gasteiger partial charge in [0, 0.05) is 25.2 Å². The van der Waals surface area contributed by atoms with Crippen molar-refractivity contribution in [2.75, 3.05) is 26.3 Å². The number of amides is 1. The Labute approximate surface area is 193 Å². The second-order valence-electron chi connectivity index (χ2n) is 8.03. The highest BCUT2D eigenvalue weighted by Gasteiger charge is 2.44. The first-order valence-electron chi connectivity index (χ1n) is 10.6. The Kier molecular flexibility index (Phi) is 8.43. The summed E-state index contributed by atoms with van der Waals surface area (Å²) in [5, 5.41) is 7.12. The zero-order valence-corrected chi connectivity index (χ0v) is 18.1. The number of carbonyl (C=O) groups excluding carboxylic acids is 1. The number of carbonyl (C=O) groups is 2. The van der Waals surface area contributed by atoms with Gasteiger partial charge in [-0.2, -0.15) is 13.2 Å². The molecule has 3 atom stereocenters. The molecule has 2 aliphatic heterocycles. The molecule has 34 heavy (non-hydrogen) atoms. The van der Waals surface area contributed by atoms with Gasteiger partial charge in [-0.3, -0.25) is 9.78 Å². The molecule has 0 aliphatic carbocycles. The number of aliphatic carboxylic acids is 1. The predicted molar refractivity (Wildman–Crippen MR) is 111 cm³/mol. The maximum atomic E-state index is 13.0. The number of rotatable bonds is 6. The average molecular weight is 484 g/mol. The Morgan fingerprint density at radius 1 is 1.18 bits per heavy atom. The molecule has 1 aromatic carbocycles. The van der Waals surface area contributed by atoms with Crippen molar-refractivity contribution < 1.29 is 41.7 Å². The van der Waals surface area contributed by atoms with Crippen LogP contribution in [0.5, 0.6) is 5.75 Å².